The molecule has 26 heavy (non-hydrogen) atoms. The zero-order chi connectivity index (χ0) is 19.1. The molecule has 0 spiro atoms. The molecule has 1 heterocycles. The highest BCUT2D eigenvalue weighted by atomic mass is 32.3. The van der Waals surface area contributed by atoms with E-state index in [0.29, 0.717) is 12.8 Å². The molecular weight excluding hydrogens is 372 g/mol. The van der Waals surface area contributed by atoms with Gasteiger partial charge in [-0.25, -0.2) is 4.39 Å². The van der Waals surface area contributed by atoms with Crippen LogP contribution in [-0.2, 0) is 6.18 Å². The number of hydrogen-bond donors (Lipinski definition) is 2. The fraction of sp³-hybridized carbons (Fsp3) is 0.588. The van der Waals surface area contributed by atoms with Gasteiger partial charge in [-0.15, -0.1) is 10.8 Å². The molecule has 2 bridgehead atoms. The lowest BCUT2D eigenvalue weighted by Crippen LogP contribution is -2.45. The van der Waals surface area contributed by atoms with Gasteiger partial charge in [-0.1, -0.05) is 0 Å². The molecule has 2 aliphatic carbocycles. The van der Waals surface area contributed by atoms with Gasteiger partial charge in [-0.05, 0) is 43.9 Å². The van der Waals surface area contributed by atoms with Gasteiger partial charge in [-0.2, -0.15) is 18.4 Å². The van der Waals surface area contributed by atoms with E-state index in [-0.39, 0.29) is 24.1 Å². The first-order valence-corrected chi connectivity index (χ1v) is 9.83. The summed E-state index contributed by atoms with van der Waals surface area (Å²) in [5.74, 6) is -0.654. The van der Waals surface area contributed by atoms with Crippen LogP contribution in [0.4, 0.5) is 23.2 Å². The van der Waals surface area contributed by atoms with E-state index in [0.717, 1.165) is 12.1 Å². The summed E-state index contributed by atoms with van der Waals surface area (Å²) in [5.41, 5.74) is -1.63. The summed E-state index contributed by atoms with van der Waals surface area (Å²) in [7, 11) is -3.52. The van der Waals surface area contributed by atoms with Gasteiger partial charge < -0.3 is 0 Å². The van der Waals surface area contributed by atoms with Crippen molar-refractivity contribution in [3.8, 4) is 6.07 Å². The van der Waals surface area contributed by atoms with E-state index in [2.05, 4.69) is 0 Å². The number of rotatable bonds is 1. The van der Waals surface area contributed by atoms with E-state index in [1.807, 2.05) is 0 Å². The molecule has 0 aromatic heterocycles. The Morgan fingerprint density at radius 2 is 1.96 bits per heavy atom. The van der Waals surface area contributed by atoms with E-state index in [1.54, 1.807) is 6.92 Å². The highest BCUT2D eigenvalue weighted by molar-refractivity contribution is 8.26. The largest absolute Gasteiger partial charge is 0.417 e. The van der Waals surface area contributed by atoms with Crippen molar-refractivity contribution in [1.82, 2.24) is 0 Å². The van der Waals surface area contributed by atoms with Crippen LogP contribution in [0.15, 0.2) is 18.2 Å². The van der Waals surface area contributed by atoms with E-state index < -0.39 is 44.9 Å². The van der Waals surface area contributed by atoms with E-state index in [1.165, 1.54) is 16.4 Å². The summed E-state index contributed by atoms with van der Waals surface area (Å²) in [4.78, 5) is 0. The van der Waals surface area contributed by atoms with Crippen LogP contribution in [0, 0.1) is 29.1 Å². The Morgan fingerprint density at radius 1 is 1.27 bits per heavy atom. The molecule has 1 aliphatic heterocycles. The predicted molar refractivity (Wildman–Crippen MR) is 89.4 cm³/mol. The first-order chi connectivity index (χ1) is 12.0. The molecule has 1 aromatic rings. The molecule has 1 aromatic carbocycles. The van der Waals surface area contributed by atoms with Crippen molar-refractivity contribution in [1.29, 1.82) is 5.26 Å². The van der Waals surface area contributed by atoms with Crippen LogP contribution in [-0.4, -0.2) is 26.6 Å². The Bertz CT molecular complexity index is 809. The number of alkyl halides is 4. The number of hydrogen-bond acceptors (Lipinski definition) is 4. The van der Waals surface area contributed by atoms with Gasteiger partial charge in [0.1, 0.15) is 6.17 Å². The molecular formula is C17H18F4N2O2S. The minimum atomic E-state index is -4.73. The van der Waals surface area contributed by atoms with Gasteiger partial charge in [0, 0.05) is 18.4 Å². The van der Waals surface area contributed by atoms with Gasteiger partial charge >= 0.3 is 6.18 Å². The van der Waals surface area contributed by atoms with Crippen LogP contribution in [0.5, 0.6) is 0 Å². The molecule has 4 rings (SSSR count). The molecule has 5 atom stereocenters. The predicted octanol–water partition coefficient (Wildman–Crippen LogP) is 4.82. The topological polar surface area (TPSA) is 67.5 Å². The Kier molecular flexibility index (Phi) is 3.63. The third-order valence-corrected chi connectivity index (χ3v) is 9.30. The molecule has 0 amide bonds. The molecule has 142 valence electrons. The van der Waals surface area contributed by atoms with Crippen LogP contribution in [0.2, 0.25) is 0 Å². The number of fused-ring (bicyclic) bond motifs is 5. The molecule has 2 saturated carbocycles. The lowest BCUT2D eigenvalue weighted by molar-refractivity contribution is -0.137. The molecule has 0 unspecified atom stereocenters. The lowest BCUT2D eigenvalue weighted by Gasteiger charge is -2.51. The monoisotopic (exact) mass is 390 g/mol. The highest BCUT2D eigenvalue weighted by Gasteiger charge is 2.70. The standard InChI is InChI=1S/C17H18F4N2O2S/c1-16-13-4-10(5-15(13)18)14(16)8-23(26(16,24)25)11-3-2-9(7-22)12(6-11)17(19,20)21/h2-3,6,10,13-15,24-25H,4-5,8H2,1H3/t10-,13+,14+,15+,16-/m1/s1. The van der Waals surface area contributed by atoms with Crippen LogP contribution >= 0.6 is 10.8 Å². The fourth-order valence-electron chi connectivity index (χ4n) is 5.22. The van der Waals surface area contributed by atoms with E-state index in [4.69, 9.17) is 5.26 Å². The maximum Gasteiger partial charge on any atom is 0.417 e. The van der Waals surface area contributed by atoms with Gasteiger partial charge in [0.15, 0.2) is 0 Å². The Hall–Kier alpha value is -1.50. The third kappa shape index (κ3) is 2.09. The highest BCUT2D eigenvalue weighted by Crippen LogP contribution is 2.76. The van der Waals surface area contributed by atoms with Crippen molar-refractivity contribution >= 4 is 16.5 Å². The van der Waals surface area contributed by atoms with Gasteiger partial charge in [0.05, 0.1) is 27.6 Å². The molecule has 3 fully saturated rings. The van der Waals surface area contributed by atoms with Crippen molar-refractivity contribution in [3.05, 3.63) is 29.3 Å². The maximum absolute atomic E-state index is 14.3. The van der Waals surface area contributed by atoms with Gasteiger partial charge in [0.25, 0.3) is 0 Å². The minimum Gasteiger partial charge on any atom is -0.281 e. The van der Waals surface area contributed by atoms with E-state index in [9.17, 15) is 26.7 Å². The summed E-state index contributed by atoms with van der Waals surface area (Å²) in [5, 5.41) is 8.92. The summed E-state index contributed by atoms with van der Waals surface area (Å²) in [6.45, 7) is 1.83. The average molecular weight is 390 g/mol. The van der Waals surface area contributed by atoms with Crippen molar-refractivity contribution < 1.29 is 26.7 Å². The second-order valence-corrected chi connectivity index (χ2v) is 9.92. The number of nitriles is 1. The van der Waals surface area contributed by atoms with Crippen LogP contribution in [0.25, 0.3) is 0 Å². The second-order valence-electron chi connectivity index (χ2n) is 7.56. The van der Waals surface area contributed by atoms with Crippen LogP contribution in [0.3, 0.4) is 0 Å². The summed E-state index contributed by atoms with van der Waals surface area (Å²) < 4.78 is 76.1. The number of anilines is 1. The second kappa shape index (κ2) is 5.27. The third-order valence-electron chi connectivity index (χ3n) is 6.54. The van der Waals surface area contributed by atoms with Gasteiger partial charge in [-0.3, -0.25) is 13.4 Å². The first kappa shape index (κ1) is 17.9. The van der Waals surface area contributed by atoms with E-state index >= 15 is 0 Å². The summed E-state index contributed by atoms with van der Waals surface area (Å²) in [6, 6.07) is 4.63. The summed E-state index contributed by atoms with van der Waals surface area (Å²) >= 11 is 0. The van der Waals surface area contributed by atoms with Crippen molar-refractivity contribution in [2.45, 2.75) is 36.9 Å². The molecule has 4 nitrogen and oxygen atoms in total. The molecule has 9 heteroatoms. The number of halogens is 4. The minimum absolute atomic E-state index is 0.00163. The quantitative estimate of drug-likeness (QED) is 0.675. The average Bonchev–Trinajstić information content (AvgIpc) is 3.13. The molecule has 1 saturated heterocycles. The Balaban J connectivity index is 1.78. The fourth-order valence-corrected chi connectivity index (χ4v) is 7.79. The molecule has 3 aliphatic rings. The lowest BCUT2D eigenvalue weighted by atomic mass is 9.79. The normalized spacial score (nSPS) is 38.9. The van der Waals surface area contributed by atoms with Crippen molar-refractivity contribution in [2.75, 3.05) is 10.8 Å². The van der Waals surface area contributed by atoms with Crippen LogP contribution in [0.1, 0.15) is 30.9 Å². The van der Waals surface area contributed by atoms with Crippen LogP contribution < -0.4 is 4.31 Å². The van der Waals surface area contributed by atoms with Gasteiger partial charge in [0.2, 0.25) is 0 Å². The van der Waals surface area contributed by atoms with Crippen molar-refractivity contribution in [3.63, 3.8) is 0 Å². The first-order valence-electron chi connectivity index (χ1n) is 8.32. The molecule has 2 N–H and O–H groups in total. The zero-order valence-corrected chi connectivity index (χ0v) is 14.7. The summed E-state index contributed by atoms with van der Waals surface area (Å²) in [6.07, 6.45) is -4.88. The number of benzene rings is 1. The smallest absolute Gasteiger partial charge is 0.281 e. The Labute approximate surface area is 149 Å². The zero-order valence-electron chi connectivity index (χ0n) is 13.9. The SMILES string of the molecule is C[C@@]12[C@@H](CN(c3ccc(C#N)c(C(F)(F)F)c3)S1(O)O)[C@H]1C[C@H](F)[C@@H]2C1. The molecule has 0 radical (unpaired) electrons. The maximum atomic E-state index is 14.3. The number of nitrogens with zero attached hydrogens (tertiary/aromatic N) is 2. The van der Waals surface area contributed by atoms with Crippen molar-refractivity contribution in [2.24, 2.45) is 17.8 Å². The Morgan fingerprint density at radius 3 is 2.58 bits per heavy atom.